The molecule has 0 saturated heterocycles. The van der Waals surface area contributed by atoms with Crippen molar-refractivity contribution < 1.29 is 17.7 Å². The fourth-order valence-electron chi connectivity index (χ4n) is 1.44. The van der Waals surface area contributed by atoms with E-state index >= 15 is 0 Å². The summed E-state index contributed by atoms with van der Waals surface area (Å²) in [6, 6.07) is 0.883. The van der Waals surface area contributed by atoms with E-state index in [9.17, 15) is 0 Å². The summed E-state index contributed by atoms with van der Waals surface area (Å²) >= 11 is 1.87. The lowest BCUT2D eigenvalue weighted by Crippen LogP contribution is -2.46. The van der Waals surface area contributed by atoms with Crippen molar-refractivity contribution in [3.63, 3.8) is 0 Å². The zero-order valence-electron chi connectivity index (χ0n) is 11.5. The van der Waals surface area contributed by atoms with Gasteiger partial charge in [0.05, 0.1) is 0 Å². The summed E-state index contributed by atoms with van der Waals surface area (Å²) in [6.07, 6.45) is 0. The second kappa shape index (κ2) is 11.7. The molecule has 0 aliphatic rings. The number of hydrogen-bond acceptors (Lipinski definition) is 5. The van der Waals surface area contributed by atoms with Crippen molar-refractivity contribution in [3.8, 4) is 0 Å². The number of rotatable bonds is 12. The molecule has 104 valence electrons. The van der Waals surface area contributed by atoms with Gasteiger partial charge in [-0.05, 0) is 26.5 Å². The van der Waals surface area contributed by atoms with Gasteiger partial charge in [-0.3, -0.25) is 0 Å². The molecule has 7 heteroatoms. The van der Waals surface area contributed by atoms with E-state index in [1.165, 1.54) is 0 Å². The third-order valence-electron chi connectivity index (χ3n) is 2.08. The molecule has 0 aromatic heterocycles. The minimum Gasteiger partial charge on any atom is -0.427 e. The zero-order valence-corrected chi connectivity index (χ0v) is 15.3. The molecule has 0 spiro atoms. The fourth-order valence-corrected chi connectivity index (χ4v) is 6.01. The monoisotopic (exact) mass is 298 g/mol. The summed E-state index contributed by atoms with van der Waals surface area (Å²) in [6.45, 7) is 8.78. The Morgan fingerprint density at radius 3 is 1.88 bits per heavy atom. The van der Waals surface area contributed by atoms with Crippen LogP contribution < -0.4 is 0 Å². The second-order valence-electron chi connectivity index (χ2n) is 3.34. The quantitative estimate of drug-likeness (QED) is 0.398. The minimum atomic E-state index is -2.41. The molecular formula is C10H26O4SSi2. The van der Waals surface area contributed by atoms with Gasteiger partial charge in [-0.25, -0.2) is 0 Å². The Bertz CT molecular complexity index is 157. The Hall–Kier alpha value is 0.624. The molecule has 4 nitrogen and oxygen atoms in total. The highest BCUT2D eigenvalue weighted by molar-refractivity contribution is 7.99. The zero-order chi connectivity index (χ0) is 13.0. The fraction of sp³-hybridized carbons (Fsp3) is 1.00. The molecule has 0 bridgehead atoms. The lowest BCUT2D eigenvalue weighted by atomic mass is 10.9. The van der Waals surface area contributed by atoms with Gasteiger partial charge in [0.1, 0.15) is 10.5 Å². The van der Waals surface area contributed by atoms with Crippen molar-refractivity contribution in [1.29, 1.82) is 0 Å². The standard InChI is InChI=1S/C10H26O4SSi2/c1-4-12-17(13-5-2,14-6-3)10-9-15-8-7-11-16/h4-10H2,1-3,16H3. The van der Waals surface area contributed by atoms with Crippen LogP contribution in [-0.4, -0.2) is 57.2 Å². The second-order valence-corrected chi connectivity index (χ2v) is 7.87. The lowest BCUT2D eigenvalue weighted by molar-refractivity contribution is 0.0728. The van der Waals surface area contributed by atoms with E-state index in [4.69, 9.17) is 17.7 Å². The third kappa shape index (κ3) is 8.36. The minimum absolute atomic E-state index is 0.653. The molecule has 0 unspecified atom stereocenters. The third-order valence-corrected chi connectivity index (χ3v) is 6.84. The highest BCUT2D eigenvalue weighted by Gasteiger charge is 2.39. The van der Waals surface area contributed by atoms with Crippen LogP contribution in [0.5, 0.6) is 0 Å². The van der Waals surface area contributed by atoms with Crippen LogP contribution in [0.4, 0.5) is 0 Å². The summed E-state index contributed by atoms with van der Waals surface area (Å²) in [4.78, 5) is 0. The van der Waals surface area contributed by atoms with Crippen molar-refractivity contribution in [2.75, 3.05) is 37.9 Å². The molecule has 0 radical (unpaired) electrons. The van der Waals surface area contributed by atoms with Gasteiger partial charge in [0, 0.05) is 38.2 Å². The van der Waals surface area contributed by atoms with Crippen molar-refractivity contribution in [2.24, 2.45) is 0 Å². The average molecular weight is 299 g/mol. The predicted octanol–water partition coefficient (Wildman–Crippen LogP) is 1.06. The van der Waals surface area contributed by atoms with Crippen molar-refractivity contribution >= 4 is 31.1 Å². The highest BCUT2D eigenvalue weighted by Crippen LogP contribution is 2.19. The Morgan fingerprint density at radius 1 is 0.941 bits per heavy atom. The SMILES string of the molecule is CCO[Si](CCSCCO[SiH3])(OCC)OCC. The predicted molar refractivity (Wildman–Crippen MR) is 78.7 cm³/mol. The van der Waals surface area contributed by atoms with E-state index < -0.39 is 8.80 Å². The topological polar surface area (TPSA) is 36.9 Å². The molecule has 0 aliphatic heterocycles. The van der Waals surface area contributed by atoms with Crippen LogP contribution >= 0.6 is 11.8 Å². The van der Waals surface area contributed by atoms with Crippen molar-refractivity contribution in [2.45, 2.75) is 26.8 Å². The van der Waals surface area contributed by atoms with E-state index in [0.717, 1.165) is 34.6 Å². The number of thioether (sulfide) groups is 1. The summed E-state index contributed by atoms with van der Waals surface area (Å²) in [5.74, 6) is 2.05. The molecule has 0 N–H and O–H groups in total. The average Bonchev–Trinajstić information content (AvgIpc) is 2.30. The Labute approximate surface area is 114 Å². The number of hydrogen-bond donors (Lipinski definition) is 0. The van der Waals surface area contributed by atoms with Gasteiger partial charge in [0.2, 0.25) is 0 Å². The first kappa shape index (κ1) is 17.6. The van der Waals surface area contributed by atoms with Crippen LogP contribution in [0, 0.1) is 0 Å². The molecule has 0 aromatic carbocycles. The molecule has 0 atom stereocenters. The Kier molecular flexibility index (Phi) is 12.1. The van der Waals surface area contributed by atoms with Crippen LogP contribution in [-0.2, 0) is 17.7 Å². The van der Waals surface area contributed by atoms with Gasteiger partial charge in [-0.15, -0.1) is 0 Å². The van der Waals surface area contributed by atoms with Crippen LogP contribution in [0.25, 0.3) is 0 Å². The van der Waals surface area contributed by atoms with Gasteiger partial charge >= 0.3 is 8.80 Å². The molecular weight excluding hydrogens is 272 g/mol. The van der Waals surface area contributed by atoms with Crippen LogP contribution in [0.3, 0.4) is 0 Å². The van der Waals surface area contributed by atoms with Gasteiger partial charge in [-0.1, -0.05) is 0 Å². The van der Waals surface area contributed by atoms with E-state index in [1.807, 2.05) is 32.5 Å². The van der Waals surface area contributed by atoms with E-state index in [1.54, 1.807) is 0 Å². The maximum absolute atomic E-state index is 5.77. The summed E-state index contributed by atoms with van der Waals surface area (Å²) < 4.78 is 22.5. The molecule has 0 amide bonds. The summed E-state index contributed by atoms with van der Waals surface area (Å²) in [7, 11) is -1.59. The van der Waals surface area contributed by atoms with Crippen molar-refractivity contribution in [3.05, 3.63) is 0 Å². The molecule has 0 rings (SSSR count). The Balaban J connectivity index is 4.05. The van der Waals surface area contributed by atoms with Crippen LogP contribution in [0.15, 0.2) is 0 Å². The first-order valence-electron chi connectivity index (χ1n) is 6.23. The molecule has 0 aliphatic carbocycles. The van der Waals surface area contributed by atoms with E-state index in [2.05, 4.69) is 0 Å². The van der Waals surface area contributed by atoms with Gasteiger partial charge < -0.3 is 17.7 Å². The molecule has 0 fully saturated rings. The lowest BCUT2D eigenvalue weighted by Gasteiger charge is -2.28. The molecule has 17 heavy (non-hydrogen) atoms. The van der Waals surface area contributed by atoms with Gasteiger partial charge in [0.15, 0.2) is 0 Å². The molecule has 0 saturated carbocycles. The highest BCUT2D eigenvalue weighted by atomic mass is 32.2. The first-order valence-corrected chi connectivity index (χ1v) is 10.1. The Morgan fingerprint density at radius 2 is 1.47 bits per heavy atom. The van der Waals surface area contributed by atoms with E-state index in [-0.39, 0.29) is 0 Å². The smallest absolute Gasteiger partial charge is 0.427 e. The van der Waals surface area contributed by atoms with E-state index in [0.29, 0.717) is 19.8 Å². The van der Waals surface area contributed by atoms with Gasteiger partial charge in [0.25, 0.3) is 0 Å². The maximum atomic E-state index is 5.77. The summed E-state index contributed by atoms with van der Waals surface area (Å²) in [5.41, 5.74) is 0. The van der Waals surface area contributed by atoms with Crippen molar-refractivity contribution in [1.82, 2.24) is 0 Å². The summed E-state index contributed by atoms with van der Waals surface area (Å²) in [5, 5.41) is 0. The van der Waals surface area contributed by atoms with Crippen LogP contribution in [0.1, 0.15) is 20.8 Å². The maximum Gasteiger partial charge on any atom is 0.501 e. The molecule has 0 aromatic rings. The normalized spacial score (nSPS) is 12.2. The van der Waals surface area contributed by atoms with Crippen LogP contribution in [0.2, 0.25) is 6.04 Å². The van der Waals surface area contributed by atoms with Gasteiger partial charge in [-0.2, -0.15) is 11.8 Å². The first-order chi connectivity index (χ1) is 8.24. The largest absolute Gasteiger partial charge is 0.501 e. The molecule has 0 heterocycles.